The monoisotopic (exact) mass is 455 g/mol. The summed E-state index contributed by atoms with van der Waals surface area (Å²) >= 11 is 0. The Bertz CT molecular complexity index is 1170. The van der Waals surface area contributed by atoms with Crippen LogP contribution < -0.4 is 5.32 Å². The normalized spacial score (nSPS) is 12.3. The van der Waals surface area contributed by atoms with Crippen LogP contribution in [-0.4, -0.2) is 42.6 Å². The lowest BCUT2D eigenvalue weighted by atomic mass is 10.2. The van der Waals surface area contributed by atoms with Crippen molar-refractivity contribution in [2.75, 3.05) is 18.5 Å². The first-order valence-electron chi connectivity index (χ1n) is 9.41. The van der Waals surface area contributed by atoms with Crippen molar-refractivity contribution < 1.29 is 31.1 Å². The van der Waals surface area contributed by atoms with Crippen molar-refractivity contribution >= 4 is 32.7 Å². The molecule has 0 atom stereocenters. The van der Waals surface area contributed by atoms with E-state index in [2.05, 4.69) is 10.3 Å². The summed E-state index contributed by atoms with van der Waals surface area (Å²) in [5.41, 5.74) is -3.95. The van der Waals surface area contributed by atoms with E-state index in [4.69, 9.17) is 4.74 Å². The van der Waals surface area contributed by atoms with Gasteiger partial charge in [-0.2, -0.15) is 13.2 Å². The average molecular weight is 455 g/mol. The zero-order valence-corrected chi connectivity index (χ0v) is 17.3. The fourth-order valence-corrected chi connectivity index (χ4v) is 3.72. The van der Waals surface area contributed by atoms with Gasteiger partial charge in [0.2, 0.25) is 5.95 Å². The maximum absolute atomic E-state index is 12.7. The summed E-state index contributed by atoms with van der Waals surface area (Å²) in [7, 11) is -5.48. The Morgan fingerprint density at radius 1 is 1.13 bits per heavy atom. The first-order valence-corrected chi connectivity index (χ1v) is 10.9. The number of anilines is 1. The molecule has 2 aromatic carbocycles. The first-order chi connectivity index (χ1) is 14.6. The lowest BCUT2D eigenvalue weighted by Crippen LogP contribution is -2.23. The van der Waals surface area contributed by atoms with Crippen molar-refractivity contribution in [2.24, 2.45) is 0 Å². The van der Waals surface area contributed by atoms with Crippen LogP contribution in [0.4, 0.5) is 19.1 Å². The van der Waals surface area contributed by atoms with E-state index in [1.807, 2.05) is 29.7 Å². The van der Waals surface area contributed by atoms with Gasteiger partial charge in [-0.3, -0.25) is 10.1 Å². The van der Waals surface area contributed by atoms with Crippen LogP contribution >= 0.6 is 0 Å². The van der Waals surface area contributed by atoms with Crippen molar-refractivity contribution in [1.29, 1.82) is 0 Å². The molecule has 7 nitrogen and oxygen atoms in total. The van der Waals surface area contributed by atoms with Crippen molar-refractivity contribution in [1.82, 2.24) is 9.55 Å². The molecule has 0 saturated heterocycles. The van der Waals surface area contributed by atoms with E-state index < -0.39 is 26.1 Å². The van der Waals surface area contributed by atoms with Crippen molar-refractivity contribution in [2.45, 2.75) is 30.3 Å². The second kappa shape index (κ2) is 9.06. The number of imidazole rings is 1. The van der Waals surface area contributed by atoms with Gasteiger partial charge in [-0.1, -0.05) is 12.1 Å². The number of amides is 1. The molecule has 3 rings (SSSR count). The van der Waals surface area contributed by atoms with Crippen molar-refractivity contribution in [3.8, 4) is 0 Å². The summed E-state index contributed by atoms with van der Waals surface area (Å²) < 4.78 is 68.1. The van der Waals surface area contributed by atoms with Gasteiger partial charge >= 0.3 is 5.51 Å². The zero-order valence-electron chi connectivity index (χ0n) is 16.5. The smallest absolute Gasteiger partial charge is 0.382 e. The van der Waals surface area contributed by atoms with Gasteiger partial charge in [0.05, 0.1) is 15.9 Å². The van der Waals surface area contributed by atoms with Crippen LogP contribution in [-0.2, 0) is 21.1 Å². The van der Waals surface area contributed by atoms with Gasteiger partial charge in [-0.15, -0.1) is 0 Å². The third-order valence-corrected chi connectivity index (χ3v) is 5.99. The number of carbonyl (C=O) groups excluding carboxylic acids is 1. The fourth-order valence-electron chi connectivity index (χ4n) is 2.96. The standard InChI is InChI=1S/C20H20F3N3O4S/c1-2-30-13-5-12-26-17-7-4-3-6-16(17)24-19(26)25-18(27)14-8-10-15(11-9-14)31(28,29)20(21,22)23/h3-4,6-11H,2,5,12-13H2,1H3,(H,24,25,27). The maximum Gasteiger partial charge on any atom is 0.501 e. The molecule has 0 aliphatic carbocycles. The molecular weight excluding hydrogens is 435 g/mol. The summed E-state index contributed by atoms with van der Waals surface area (Å²) in [5.74, 6) is -0.355. The maximum atomic E-state index is 12.7. The Labute approximate surface area is 176 Å². The Morgan fingerprint density at radius 3 is 2.45 bits per heavy atom. The van der Waals surface area contributed by atoms with E-state index in [0.717, 1.165) is 29.8 Å². The third-order valence-electron chi connectivity index (χ3n) is 4.49. The highest BCUT2D eigenvalue weighted by Crippen LogP contribution is 2.30. The van der Waals surface area contributed by atoms with Crippen LogP contribution in [0.2, 0.25) is 0 Å². The summed E-state index contributed by atoms with van der Waals surface area (Å²) in [6.45, 7) is 3.54. The first kappa shape index (κ1) is 22.8. The number of halogens is 3. The van der Waals surface area contributed by atoms with Gasteiger partial charge in [0.15, 0.2) is 0 Å². The largest absolute Gasteiger partial charge is 0.501 e. The Kier molecular flexibility index (Phi) is 6.65. The molecular formula is C20H20F3N3O4S. The lowest BCUT2D eigenvalue weighted by molar-refractivity contribution is -0.0436. The quantitative estimate of drug-likeness (QED) is 0.519. The molecule has 0 spiro atoms. The molecule has 0 aliphatic heterocycles. The number of hydrogen-bond acceptors (Lipinski definition) is 5. The summed E-state index contributed by atoms with van der Waals surface area (Å²) in [6, 6.07) is 10.9. The number of nitrogens with one attached hydrogen (secondary N) is 1. The predicted molar refractivity (Wildman–Crippen MR) is 108 cm³/mol. The number of aryl methyl sites for hydroxylation is 1. The number of aromatic nitrogens is 2. The average Bonchev–Trinajstić information content (AvgIpc) is 3.07. The summed E-state index contributed by atoms with van der Waals surface area (Å²) in [6.07, 6.45) is 0.682. The molecule has 1 heterocycles. The molecule has 0 saturated carbocycles. The Hall–Kier alpha value is -2.92. The number of nitrogens with zero attached hydrogens (tertiary/aromatic N) is 2. The van der Waals surface area contributed by atoms with Crippen molar-refractivity contribution in [3.63, 3.8) is 0 Å². The van der Waals surface area contributed by atoms with Crippen LogP contribution in [0.3, 0.4) is 0 Å². The molecule has 0 bridgehead atoms. The van der Waals surface area contributed by atoms with Crippen LogP contribution in [0.15, 0.2) is 53.4 Å². The highest BCUT2D eigenvalue weighted by Gasteiger charge is 2.46. The second-order valence-corrected chi connectivity index (χ2v) is 8.50. The number of ether oxygens (including phenoxy) is 1. The minimum atomic E-state index is -5.48. The zero-order chi connectivity index (χ0) is 22.6. The van der Waals surface area contributed by atoms with Crippen LogP contribution in [0.1, 0.15) is 23.7 Å². The molecule has 166 valence electrons. The van der Waals surface area contributed by atoms with Gasteiger partial charge in [-0.05, 0) is 49.7 Å². The molecule has 3 aromatic rings. The molecule has 1 aromatic heterocycles. The van der Waals surface area contributed by atoms with Crippen LogP contribution in [0.5, 0.6) is 0 Å². The van der Waals surface area contributed by atoms with E-state index in [1.54, 1.807) is 6.07 Å². The van der Waals surface area contributed by atoms with Gasteiger partial charge < -0.3 is 9.30 Å². The van der Waals surface area contributed by atoms with E-state index in [-0.39, 0.29) is 11.5 Å². The predicted octanol–water partition coefficient (Wildman–Crippen LogP) is 4.01. The number of alkyl halides is 3. The minimum absolute atomic E-state index is 0.00551. The molecule has 1 amide bonds. The van der Waals surface area contributed by atoms with Gasteiger partial charge in [0.25, 0.3) is 15.7 Å². The lowest BCUT2D eigenvalue weighted by Gasteiger charge is -2.11. The molecule has 0 aliphatic rings. The number of benzene rings is 2. The second-order valence-electron chi connectivity index (χ2n) is 6.55. The number of para-hydroxylation sites is 2. The Balaban J connectivity index is 1.83. The van der Waals surface area contributed by atoms with E-state index in [0.29, 0.717) is 31.7 Å². The Morgan fingerprint density at radius 2 is 1.81 bits per heavy atom. The van der Waals surface area contributed by atoms with Gasteiger partial charge in [0.1, 0.15) is 0 Å². The minimum Gasteiger partial charge on any atom is -0.382 e. The number of fused-ring (bicyclic) bond motifs is 1. The highest BCUT2D eigenvalue weighted by molar-refractivity contribution is 7.92. The molecule has 0 unspecified atom stereocenters. The van der Waals surface area contributed by atoms with Gasteiger partial charge in [-0.25, -0.2) is 13.4 Å². The van der Waals surface area contributed by atoms with E-state index in [9.17, 15) is 26.4 Å². The molecule has 11 heteroatoms. The highest BCUT2D eigenvalue weighted by atomic mass is 32.2. The van der Waals surface area contributed by atoms with Gasteiger partial charge in [0, 0.05) is 25.3 Å². The number of carbonyl (C=O) groups is 1. The summed E-state index contributed by atoms with van der Waals surface area (Å²) in [4.78, 5) is 16.1. The van der Waals surface area contributed by atoms with Crippen molar-refractivity contribution in [3.05, 3.63) is 54.1 Å². The van der Waals surface area contributed by atoms with E-state index in [1.165, 1.54) is 0 Å². The van der Waals surface area contributed by atoms with Crippen LogP contribution in [0.25, 0.3) is 11.0 Å². The molecule has 0 fully saturated rings. The van der Waals surface area contributed by atoms with E-state index >= 15 is 0 Å². The third kappa shape index (κ3) is 4.88. The molecule has 1 N–H and O–H groups in total. The summed E-state index contributed by atoms with van der Waals surface area (Å²) in [5, 5.41) is 2.65. The topological polar surface area (TPSA) is 90.3 Å². The number of rotatable bonds is 8. The number of sulfone groups is 1. The van der Waals surface area contributed by atoms with Crippen LogP contribution in [0, 0.1) is 0 Å². The molecule has 0 radical (unpaired) electrons. The SMILES string of the molecule is CCOCCCn1c(NC(=O)c2ccc(S(=O)(=O)C(F)(F)F)cc2)nc2ccccc21. The molecule has 31 heavy (non-hydrogen) atoms. The number of hydrogen-bond donors (Lipinski definition) is 1. The fraction of sp³-hybridized carbons (Fsp3) is 0.300.